The van der Waals surface area contributed by atoms with Crippen molar-refractivity contribution in [1.82, 2.24) is 4.90 Å². The van der Waals surface area contributed by atoms with E-state index in [2.05, 4.69) is 29.8 Å². The van der Waals surface area contributed by atoms with Gasteiger partial charge in [-0.25, -0.2) is 0 Å². The number of rotatable bonds is 2. The molecule has 0 N–H and O–H groups in total. The lowest BCUT2D eigenvalue weighted by atomic mass is 9.95. The van der Waals surface area contributed by atoms with E-state index in [0.29, 0.717) is 22.4 Å². The number of carbonyl (C=O) groups is 1. The molecule has 0 aromatic heterocycles. The average molecular weight is 331 g/mol. The molecule has 1 aromatic rings. The molecule has 1 saturated heterocycles. The summed E-state index contributed by atoms with van der Waals surface area (Å²) in [7, 11) is 0. The fourth-order valence-corrected chi connectivity index (χ4v) is 2.75. The van der Waals surface area contributed by atoms with Crippen molar-refractivity contribution in [2.75, 3.05) is 13.1 Å². The Kier molecular flexibility index (Phi) is 4.33. The van der Waals surface area contributed by atoms with E-state index in [9.17, 15) is 4.79 Å². The van der Waals surface area contributed by atoms with E-state index in [4.69, 9.17) is 11.6 Å². The molecule has 2 nitrogen and oxygen atoms in total. The van der Waals surface area contributed by atoms with Crippen molar-refractivity contribution >= 4 is 33.4 Å². The van der Waals surface area contributed by atoms with Crippen LogP contribution in [-0.2, 0) is 0 Å². The first-order valence-corrected chi connectivity index (χ1v) is 7.40. The van der Waals surface area contributed by atoms with Crippen molar-refractivity contribution in [1.29, 1.82) is 0 Å². The third kappa shape index (κ3) is 2.89. The van der Waals surface area contributed by atoms with Crippen LogP contribution in [0.5, 0.6) is 0 Å². The molecule has 4 heteroatoms. The molecular weight excluding hydrogens is 314 g/mol. The Morgan fingerprint density at radius 1 is 1.50 bits per heavy atom. The Morgan fingerprint density at radius 3 is 2.78 bits per heavy atom. The molecule has 2 rings (SSSR count). The summed E-state index contributed by atoms with van der Waals surface area (Å²) in [5, 5.41) is 0.584. The largest absolute Gasteiger partial charge is 0.338 e. The minimum absolute atomic E-state index is 0.0903. The molecule has 0 aliphatic carbocycles. The van der Waals surface area contributed by atoms with E-state index >= 15 is 0 Å². The summed E-state index contributed by atoms with van der Waals surface area (Å²) in [4.78, 5) is 14.3. The molecule has 1 heterocycles. The zero-order valence-electron chi connectivity index (χ0n) is 10.6. The van der Waals surface area contributed by atoms with Crippen molar-refractivity contribution < 1.29 is 4.79 Å². The first-order valence-electron chi connectivity index (χ1n) is 6.23. The predicted molar refractivity (Wildman–Crippen MR) is 78.0 cm³/mol. The number of amides is 1. The van der Waals surface area contributed by atoms with Gasteiger partial charge in [-0.15, -0.1) is 0 Å². The van der Waals surface area contributed by atoms with Crippen LogP contribution in [0.3, 0.4) is 0 Å². The molecule has 1 atom stereocenters. The first kappa shape index (κ1) is 13.9. The van der Waals surface area contributed by atoms with Gasteiger partial charge >= 0.3 is 0 Å². The van der Waals surface area contributed by atoms with Crippen LogP contribution in [-0.4, -0.2) is 23.9 Å². The standard InChI is InChI=1S/C14H17BrClNO/c1-9(2)11-5-6-17(8-11)14(18)10-3-4-12(15)13(16)7-10/h3-4,7,9,11H,5-6,8H2,1-2H3. The van der Waals surface area contributed by atoms with Crippen molar-refractivity contribution in [3.05, 3.63) is 33.3 Å². The fourth-order valence-electron chi connectivity index (χ4n) is 2.33. The number of halogens is 2. The number of hydrogen-bond acceptors (Lipinski definition) is 1. The molecule has 1 unspecified atom stereocenters. The molecule has 1 aliphatic heterocycles. The van der Waals surface area contributed by atoms with Gasteiger partial charge in [0.2, 0.25) is 0 Å². The first-order chi connectivity index (χ1) is 8.49. The highest BCUT2D eigenvalue weighted by atomic mass is 79.9. The maximum absolute atomic E-state index is 12.3. The third-order valence-electron chi connectivity index (χ3n) is 3.62. The van der Waals surface area contributed by atoms with E-state index in [1.54, 1.807) is 6.07 Å². The minimum Gasteiger partial charge on any atom is -0.338 e. The third-order valence-corrected chi connectivity index (χ3v) is 4.85. The highest BCUT2D eigenvalue weighted by Crippen LogP contribution is 2.27. The Balaban J connectivity index is 2.10. The van der Waals surface area contributed by atoms with Gasteiger partial charge < -0.3 is 4.90 Å². The zero-order chi connectivity index (χ0) is 13.3. The van der Waals surface area contributed by atoms with Gasteiger partial charge in [0, 0.05) is 23.1 Å². The zero-order valence-corrected chi connectivity index (χ0v) is 13.0. The van der Waals surface area contributed by atoms with Crippen LogP contribution >= 0.6 is 27.5 Å². The summed E-state index contributed by atoms with van der Waals surface area (Å²) in [5.74, 6) is 1.35. The number of nitrogens with zero attached hydrogens (tertiary/aromatic N) is 1. The van der Waals surface area contributed by atoms with Crippen LogP contribution in [0.1, 0.15) is 30.6 Å². The summed E-state index contributed by atoms with van der Waals surface area (Å²) >= 11 is 9.36. The number of carbonyl (C=O) groups excluding carboxylic acids is 1. The van der Waals surface area contributed by atoms with E-state index in [1.807, 2.05) is 17.0 Å². The van der Waals surface area contributed by atoms with Gasteiger partial charge in [-0.2, -0.15) is 0 Å². The molecule has 1 amide bonds. The SMILES string of the molecule is CC(C)C1CCN(C(=O)c2ccc(Br)c(Cl)c2)C1. The molecule has 1 aliphatic rings. The van der Waals surface area contributed by atoms with Crippen LogP contribution in [0.15, 0.2) is 22.7 Å². The fraction of sp³-hybridized carbons (Fsp3) is 0.500. The Morgan fingerprint density at radius 2 is 2.22 bits per heavy atom. The molecule has 1 fully saturated rings. The number of hydrogen-bond donors (Lipinski definition) is 0. The van der Waals surface area contributed by atoms with Gasteiger partial charge in [-0.1, -0.05) is 25.4 Å². The topological polar surface area (TPSA) is 20.3 Å². The van der Waals surface area contributed by atoms with Gasteiger partial charge in [-0.3, -0.25) is 4.79 Å². The molecule has 0 bridgehead atoms. The Labute approximate surface area is 121 Å². The Bertz CT molecular complexity index is 461. The van der Waals surface area contributed by atoms with Crippen LogP contribution in [0.4, 0.5) is 0 Å². The maximum atomic E-state index is 12.3. The monoisotopic (exact) mass is 329 g/mol. The summed E-state index contributed by atoms with van der Waals surface area (Å²) in [5.41, 5.74) is 0.674. The van der Waals surface area contributed by atoms with Crippen molar-refractivity contribution in [3.8, 4) is 0 Å². The van der Waals surface area contributed by atoms with Crippen molar-refractivity contribution in [2.24, 2.45) is 11.8 Å². The highest BCUT2D eigenvalue weighted by Gasteiger charge is 2.28. The summed E-state index contributed by atoms with van der Waals surface area (Å²) in [6.45, 7) is 6.16. The molecule has 18 heavy (non-hydrogen) atoms. The molecule has 0 radical (unpaired) electrons. The van der Waals surface area contributed by atoms with Crippen LogP contribution in [0.25, 0.3) is 0 Å². The van der Waals surface area contributed by atoms with Crippen LogP contribution in [0.2, 0.25) is 5.02 Å². The van der Waals surface area contributed by atoms with Gasteiger partial charge in [0.1, 0.15) is 0 Å². The number of benzene rings is 1. The second-order valence-electron chi connectivity index (χ2n) is 5.17. The summed E-state index contributed by atoms with van der Waals surface area (Å²) in [6.07, 6.45) is 1.10. The molecule has 98 valence electrons. The maximum Gasteiger partial charge on any atom is 0.253 e. The van der Waals surface area contributed by atoms with E-state index in [-0.39, 0.29) is 5.91 Å². The lowest BCUT2D eigenvalue weighted by Gasteiger charge is -2.18. The van der Waals surface area contributed by atoms with E-state index in [0.717, 1.165) is 24.0 Å². The minimum atomic E-state index is 0.0903. The second kappa shape index (κ2) is 5.62. The van der Waals surface area contributed by atoms with Gasteiger partial charge in [-0.05, 0) is 52.4 Å². The van der Waals surface area contributed by atoms with Crippen LogP contribution in [0, 0.1) is 11.8 Å². The second-order valence-corrected chi connectivity index (χ2v) is 6.43. The summed E-state index contributed by atoms with van der Waals surface area (Å²) in [6, 6.07) is 5.38. The average Bonchev–Trinajstić information content (AvgIpc) is 2.81. The molecule has 0 saturated carbocycles. The van der Waals surface area contributed by atoms with Crippen molar-refractivity contribution in [3.63, 3.8) is 0 Å². The number of likely N-dealkylation sites (tertiary alicyclic amines) is 1. The normalized spacial score (nSPS) is 19.6. The van der Waals surface area contributed by atoms with Gasteiger partial charge in [0.15, 0.2) is 0 Å². The Hall–Kier alpha value is -0.540. The smallest absolute Gasteiger partial charge is 0.253 e. The van der Waals surface area contributed by atoms with Gasteiger partial charge in [0.05, 0.1) is 5.02 Å². The van der Waals surface area contributed by atoms with Gasteiger partial charge in [0.25, 0.3) is 5.91 Å². The quantitative estimate of drug-likeness (QED) is 0.795. The molecule has 1 aromatic carbocycles. The molecule has 0 spiro atoms. The molecular formula is C14H17BrClNO. The van der Waals surface area contributed by atoms with E-state index < -0.39 is 0 Å². The summed E-state index contributed by atoms with van der Waals surface area (Å²) < 4.78 is 0.821. The predicted octanol–water partition coefficient (Wildman–Crippen LogP) is 4.22. The van der Waals surface area contributed by atoms with E-state index in [1.165, 1.54) is 0 Å². The highest BCUT2D eigenvalue weighted by molar-refractivity contribution is 9.10. The van der Waals surface area contributed by atoms with Crippen LogP contribution < -0.4 is 0 Å². The van der Waals surface area contributed by atoms with Crippen molar-refractivity contribution in [2.45, 2.75) is 20.3 Å². The lowest BCUT2D eigenvalue weighted by molar-refractivity contribution is 0.0784. The lowest BCUT2D eigenvalue weighted by Crippen LogP contribution is -2.29.